The van der Waals surface area contributed by atoms with Crippen LogP contribution in [0.2, 0.25) is 0 Å². The topological polar surface area (TPSA) is 0 Å². The first-order valence-corrected chi connectivity index (χ1v) is 25.1. The summed E-state index contributed by atoms with van der Waals surface area (Å²) in [6.45, 7) is 0. The number of hydrogen-bond donors (Lipinski definition) is 0. The van der Waals surface area contributed by atoms with Gasteiger partial charge in [0.25, 0.3) is 0 Å². The molecule has 0 spiro atoms. The monoisotopic (exact) mass is 1250 g/mol. The maximum atomic E-state index is 7.35. The van der Waals surface area contributed by atoms with Gasteiger partial charge < -0.3 is 12.8 Å². The average Bonchev–Trinajstić information content (AvgIpc) is 3.39. The first kappa shape index (κ1) is 49.6. The van der Waals surface area contributed by atoms with Crippen molar-refractivity contribution in [3.8, 4) is 34.1 Å². The molecule has 0 heterocycles. The summed E-state index contributed by atoms with van der Waals surface area (Å²) in [5, 5.41) is 10.6. The van der Waals surface area contributed by atoms with Crippen LogP contribution in [0.4, 0.5) is 0 Å². The standard InChI is InChI=1S/C26H24P2.2C18H11.2Au/c1-5-13-23(14-6-1)27(24-15-7-2-8-16-24)21-22-28(25-17-9-3-10-18-25)26-19-11-4-12-20-26;2*1-2-14-12-13-17(15-8-4-3-5-9-15)18-11-7-6-10-16(14)18;;/h1-20H,21-22H2;2*3-13H;;/q;2*-1;2*+1/p+2. The molecule has 0 unspecified atom stereocenters. The SMILES string of the molecule is [Au+].[Au+].[C-]#Cc1ccc(-c2ccccc2)c2ccccc12.[C-]#Cc1ccc(-c2ccccc2)c2ccccc12.c1ccc([PH+](CC[PH+](c2ccccc2)c2ccccc2)c2ccccc2)cc1. The molecule has 0 aromatic heterocycles. The van der Waals surface area contributed by atoms with Crippen LogP contribution in [-0.2, 0) is 44.8 Å². The van der Waals surface area contributed by atoms with E-state index in [2.05, 4.69) is 182 Å². The van der Waals surface area contributed by atoms with Crippen LogP contribution in [0.3, 0.4) is 0 Å². The molecule has 326 valence electrons. The molecule has 0 radical (unpaired) electrons. The molecule has 0 saturated carbocycles. The van der Waals surface area contributed by atoms with E-state index in [0.717, 1.165) is 21.9 Å². The second kappa shape index (κ2) is 25.8. The zero-order valence-electron chi connectivity index (χ0n) is 36.3. The van der Waals surface area contributed by atoms with Gasteiger partial charge in [-0.15, -0.1) is 23.3 Å². The van der Waals surface area contributed by atoms with Crippen molar-refractivity contribution in [3.63, 3.8) is 0 Å². The second-order valence-electron chi connectivity index (χ2n) is 15.3. The van der Waals surface area contributed by atoms with Gasteiger partial charge in [-0.05, 0) is 81.6 Å². The number of hydrogen-bond acceptors (Lipinski definition) is 0. The van der Waals surface area contributed by atoms with Crippen LogP contribution < -0.4 is 21.2 Å². The number of benzene rings is 10. The first-order chi connectivity index (χ1) is 31.7. The Kier molecular flexibility index (Phi) is 19.4. The summed E-state index contributed by atoms with van der Waals surface area (Å²) in [6.07, 6.45) is 17.2. The maximum Gasteiger partial charge on any atom is 1.00 e. The van der Waals surface area contributed by atoms with Crippen molar-refractivity contribution in [1.29, 1.82) is 0 Å². The quantitative estimate of drug-likeness (QED) is 0.0585. The Bertz CT molecular complexity index is 2820. The fraction of sp³-hybridized carbons (Fsp3) is 0.0323. The first-order valence-electron chi connectivity index (χ1n) is 21.6. The molecule has 0 amide bonds. The van der Waals surface area contributed by atoms with E-state index in [1.54, 1.807) is 0 Å². The molecular weight excluding hydrogens is 1200 g/mol. The minimum Gasteiger partial charge on any atom is -0.366 e. The van der Waals surface area contributed by atoms with Crippen LogP contribution in [0.5, 0.6) is 0 Å². The van der Waals surface area contributed by atoms with E-state index in [-0.39, 0.29) is 44.8 Å². The molecule has 0 N–H and O–H groups in total. The third kappa shape index (κ3) is 12.5. The predicted molar refractivity (Wildman–Crippen MR) is 282 cm³/mol. The van der Waals surface area contributed by atoms with Gasteiger partial charge in [-0.2, -0.15) is 0 Å². The molecule has 10 aromatic rings. The van der Waals surface area contributed by atoms with Gasteiger partial charge in [0.05, 0.1) is 37.1 Å². The normalized spacial score (nSPS) is 10.2. The molecule has 0 aliphatic heterocycles. The molecule has 10 rings (SSSR count). The molecule has 0 bridgehead atoms. The molecule has 4 heteroatoms. The predicted octanol–water partition coefficient (Wildman–Crippen LogP) is 13.6. The van der Waals surface area contributed by atoms with Crippen LogP contribution in [0.25, 0.3) is 43.8 Å². The van der Waals surface area contributed by atoms with Crippen LogP contribution in [0.1, 0.15) is 11.1 Å². The zero-order valence-corrected chi connectivity index (χ0v) is 42.6. The Morgan fingerprint density at radius 3 is 0.788 bits per heavy atom. The van der Waals surface area contributed by atoms with Gasteiger partial charge in [0.2, 0.25) is 0 Å². The van der Waals surface area contributed by atoms with E-state index in [4.69, 9.17) is 12.8 Å². The summed E-state index contributed by atoms with van der Waals surface area (Å²) in [5.74, 6) is 5.00. The van der Waals surface area contributed by atoms with Crippen molar-refractivity contribution >= 4 is 58.6 Å². The van der Waals surface area contributed by atoms with E-state index in [1.165, 1.54) is 66.6 Å². The summed E-state index contributed by atoms with van der Waals surface area (Å²) >= 11 is 0. The van der Waals surface area contributed by atoms with Crippen molar-refractivity contribution in [2.75, 3.05) is 12.3 Å². The van der Waals surface area contributed by atoms with Crippen molar-refractivity contribution in [1.82, 2.24) is 0 Å². The maximum absolute atomic E-state index is 7.35. The Labute approximate surface area is 425 Å². The van der Waals surface area contributed by atoms with E-state index < -0.39 is 15.8 Å². The third-order valence-corrected chi connectivity index (χ3v) is 17.5. The molecular formula is C62H48Au2P2+2. The minimum absolute atomic E-state index is 0. The fourth-order valence-electron chi connectivity index (χ4n) is 8.27. The Balaban J connectivity index is 0.000000167. The van der Waals surface area contributed by atoms with Crippen molar-refractivity contribution in [2.24, 2.45) is 0 Å². The van der Waals surface area contributed by atoms with E-state index in [0.29, 0.717) is 0 Å². The summed E-state index contributed by atoms with van der Waals surface area (Å²) < 4.78 is 0. The average molecular weight is 1250 g/mol. The summed E-state index contributed by atoms with van der Waals surface area (Å²) in [6, 6.07) is 89.5. The minimum atomic E-state index is -0.783. The van der Waals surface area contributed by atoms with E-state index >= 15 is 0 Å². The van der Waals surface area contributed by atoms with Crippen LogP contribution >= 0.6 is 15.8 Å². The van der Waals surface area contributed by atoms with Gasteiger partial charge in [0, 0.05) is 0 Å². The van der Waals surface area contributed by atoms with Gasteiger partial charge in [-0.1, -0.05) is 205 Å². The van der Waals surface area contributed by atoms with Gasteiger partial charge >= 0.3 is 44.8 Å². The Morgan fingerprint density at radius 2 is 0.515 bits per heavy atom. The summed E-state index contributed by atoms with van der Waals surface area (Å²) in [7, 11) is -1.57. The number of fused-ring (bicyclic) bond motifs is 2. The van der Waals surface area contributed by atoms with Crippen LogP contribution in [0, 0.1) is 24.7 Å². The summed E-state index contributed by atoms with van der Waals surface area (Å²) in [4.78, 5) is 0. The van der Waals surface area contributed by atoms with E-state index in [9.17, 15) is 0 Å². The zero-order chi connectivity index (χ0) is 43.8. The third-order valence-electron chi connectivity index (χ3n) is 11.4. The van der Waals surface area contributed by atoms with E-state index in [1.807, 2.05) is 84.9 Å². The van der Waals surface area contributed by atoms with Crippen LogP contribution in [-0.4, -0.2) is 12.3 Å². The molecule has 0 atom stereocenters. The van der Waals surface area contributed by atoms with Crippen molar-refractivity contribution in [3.05, 3.63) is 279 Å². The number of rotatable bonds is 9. The Morgan fingerprint density at radius 1 is 0.273 bits per heavy atom. The largest absolute Gasteiger partial charge is 1.00 e. The fourth-order valence-corrected chi connectivity index (χ4v) is 14.5. The van der Waals surface area contributed by atoms with Crippen molar-refractivity contribution in [2.45, 2.75) is 0 Å². The van der Waals surface area contributed by atoms with Gasteiger partial charge in [-0.3, -0.25) is 11.8 Å². The van der Waals surface area contributed by atoms with Gasteiger partial charge in [0.1, 0.15) is 12.3 Å². The Hall–Kier alpha value is -5.82. The van der Waals surface area contributed by atoms with Gasteiger partial charge in [-0.25, -0.2) is 0 Å². The summed E-state index contributed by atoms with van der Waals surface area (Å²) in [5.41, 5.74) is 6.47. The van der Waals surface area contributed by atoms with Crippen molar-refractivity contribution < 1.29 is 44.8 Å². The molecule has 0 fully saturated rings. The second-order valence-corrected chi connectivity index (χ2v) is 20.5. The molecule has 0 nitrogen and oxygen atoms in total. The smallest absolute Gasteiger partial charge is 0.366 e. The molecule has 0 aliphatic carbocycles. The molecule has 0 aliphatic rings. The molecule has 66 heavy (non-hydrogen) atoms. The molecule has 10 aromatic carbocycles. The molecule has 0 saturated heterocycles. The van der Waals surface area contributed by atoms with Gasteiger partial charge in [0.15, 0.2) is 0 Å². The van der Waals surface area contributed by atoms with Crippen LogP contribution in [0.15, 0.2) is 255 Å².